The van der Waals surface area contributed by atoms with E-state index in [0.29, 0.717) is 19.4 Å². The van der Waals surface area contributed by atoms with E-state index in [9.17, 15) is 9.59 Å². The van der Waals surface area contributed by atoms with Gasteiger partial charge < -0.3 is 10.1 Å². The van der Waals surface area contributed by atoms with Gasteiger partial charge in [-0.25, -0.2) is 4.79 Å². The number of amides is 1. The SMILES string of the molecule is CCCCC/C=C\CCC(=O)NC1CCOC1=O. The fourth-order valence-electron chi connectivity index (χ4n) is 1.86. The van der Waals surface area contributed by atoms with Gasteiger partial charge in [-0.1, -0.05) is 31.9 Å². The fraction of sp³-hybridized carbons (Fsp3) is 0.714. The molecule has 0 aromatic heterocycles. The Bertz CT molecular complexity index is 299. The maximum Gasteiger partial charge on any atom is 0.328 e. The quantitative estimate of drug-likeness (QED) is 0.410. The molecule has 4 heteroatoms. The third kappa shape index (κ3) is 5.84. The second kappa shape index (κ2) is 8.72. The monoisotopic (exact) mass is 253 g/mol. The lowest BCUT2D eigenvalue weighted by Crippen LogP contribution is -2.37. The zero-order valence-corrected chi connectivity index (χ0v) is 11.1. The number of carbonyl (C=O) groups is 2. The molecule has 1 heterocycles. The van der Waals surface area contributed by atoms with Crippen LogP contribution in [0.25, 0.3) is 0 Å². The minimum absolute atomic E-state index is 0.0722. The molecule has 1 atom stereocenters. The van der Waals surface area contributed by atoms with Crippen LogP contribution in [-0.4, -0.2) is 24.5 Å². The van der Waals surface area contributed by atoms with Crippen LogP contribution in [0.3, 0.4) is 0 Å². The summed E-state index contributed by atoms with van der Waals surface area (Å²) in [6.45, 7) is 2.60. The molecule has 0 aromatic rings. The fourth-order valence-corrected chi connectivity index (χ4v) is 1.86. The number of ether oxygens (including phenoxy) is 1. The van der Waals surface area contributed by atoms with Crippen LogP contribution in [0.2, 0.25) is 0 Å². The minimum Gasteiger partial charge on any atom is -0.464 e. The highest BCUT2D eigenvalue weighted by Gasteiger charge is 2.27. The molecule has 1 rings (SSSR count). The molecule has 0 aromatic carbocycles. The topological polar surface area (TPSA) is 55.4 Å². The van der Waals surface area contributed by atoms with Gasteiger partial charge in [-0.05, 0) is 19.3 Å². The van der Waals surface area contributed by atoms with E-state index < -0.39 is 6.04 Å². The maximum absolute atomic E-state index is 11.5. The van der Waals surface area contributed by atoms with Gasteiger partial charge in [0.15, 0.2) is 0 Å². The molecule has 1 aliphatic heterocycles. The second-order valence-corrected chi connectivity index (χ2v) is 4.58. The van der Waals surface area contributed by atoms with E-state index in [1.165, 1.54) is 19.3 Å². The van der Waals surface area contributed by atoms with Gasteiger partial charge in [0.25, 0.3) is 0 Å². The third-order valence-corrected chi connectivity index (χ3v) is 2.95. The first-order valence-corrected chi connectivity index (χ1v) is 6.85. The van der Waals surface area contributed by atoms with Crippen molar-refractivity contribution in [2.24, 2.45) is 0 Å². The normalized spacial score (nSPS) is 19.2. The third-order valence-electron chi connectivity index (χ3n) is 2.95. The molecular formula is C14H23NO3. The molecule has 1 saturated heterocycles. The van der Waals surface area contributed by atoms with Crippen LogP contribution in [0.15, 0.2) is 12.2 Å². The maximum atomic E-state index is 11.5. The highest BCUT2D eigenvalue weighted by Crippen LogP contribution is 2.06. The predicted octanol–water partition coefficient (Wildman–Crippen LogP) is 2.33. The largest absolute Gasteiger partial charge is 0.464 e. The standard InChI is InChI=1S/C14H23NO3/c1-2-3-4-5-6-7-8-9-13(16)15-12-10-11-18-14(12)17/h6-7,12H,2-5,8-11H2,1H3,(H,15,16)/b7-6-. The van der Waals surface area contributed by atoms with E-state index in [1.807, 2.05) is 6.08 Å². The average Bonchev–Trinajstić information content (AvgIpc) is 2.74. The Hall–Kier alpha value is -1.32. The number of unbranched alkanes of at least 4 members (excludes halogenated alkanes) is 3. The van der Waals surface area contributed by atoms with Crippen molar-refractivity contribution in [1.82, 2.24) is 5.32 Å². The lowest BCUT2D eigenvalue weighted by molar-refractivity contribution is -0.141. The zero-order valence-electron chi connectivity index (χ0n) is 11.1. The Morgan fingerprint density at radius 3 is 2.83 bits per heavy atom. The number of rotatable bonds is 8. The van der Waals surface area contributed by atoms with Crippen molar-refractivity contribution in [3.05, 3.63) is 12.2 Å². The Labute approximate surface area is 109 Å². The molecule has 0 bridgehead atoms. The lowest BCUT2D eigenvalue weighted by atomic mass is 10.2. The molecule has 0 saturated carbocycles. The van der Waals surface area contributed by atoms with Crippen molar-refractivity contribution < 1.29 is 14.3 Å². The molecule has 1 N–H and O–H groups in total. The minimum atomic E-state index is -0.425. The van der Waals surface area contributed by atoms with Gasteiger partial charge >= 0.3 is 5.97 Å². The molecule has 1 fully saturated rings. The Morgan fingerprint density at radius 2 is 2.17 bits per heavy atom. The lowest BCUT2D eigenvalue weighted by Gasteiger charge is -2.07. The molecule has 0 radical (unpaired) electrons. The molecule has 0 aliphatic carbocycles. The Kier molecular flexibility index (Phi) is 7.14. The first-order valence-electron chi connectivity index (χ1n) is 6.85. The summed E-state index contributed by atoms with van der Waals surface area (Å²) >= 11 is 0. The van der Waals surface area contributed by atoms with Gasteiger partial charge in [-0.15, -0.1) is 0 Å². The molecule has 0 spiro atoms. The summed E-state index contributed by atoms with van der Waals surface area (Å²) in [6.07, 6.45) is 10.7. The van der Waals surface area contributed by atoms with Crippen molar-refractivity contribution in [3.8, 4) is 0 Å². The number of allylic oxidation sites excluding steroid dienone is 2. The van der Waals surface area contributed by atoms with Crippen molar-refractivity contribution in [2.45, 2.75) is 57.9 Å². The summed E-state index contributed by atoms with van der Waals surface area (Å²) in [5.41, 5.74) is 0. The van der Waals surface area contributed by atoms with E-state index >= 15 is 0 Å². The van der Waals surface area contributed by atoms with Gasteiger partial charge in [-0.3, -0.25) is 4.79 Å². The second-order valence-electron chi connectivity index (χ2n) is 4.58. The van der Waals surface area contributed by atoms with E-state index in [-0.39, 0.29) is 11.9 Å². The summed E-state index contributed by atoms with van der Waals surface area (Å²) < 4.78 is 4.78. The Morgan fingerprint density at radius 1 is 1.39 bits per heavy atom. The number of hydrogen-bond acceptors (Lipinski definition) is 3. The van der Waals surface area contributed by atoms with Crippen molar-refractivity contribution in [1.29, 1.82) is 0 Å². The summed E-state index contributed by atoms with van der Waals surface area (Å²) in [5, 5.41) is 2.69. The van der Waals surface area contributed by atoms with Gasteiger partial charge in [0.1, 0.15) is 6.04 Å². The van der Waals surface area contributed by atoms with Crippen LogP contribution >= 0.6 is 0 Å². The molecule has 1 amide bonds. The number of esters is 1. The molecule has 1 aliphatic rings. The number of hydrogen-bond donors (Lipinski definition) is 1. The molecule has 4 nitrogen and oxygen atoms in total. The van der Waals surface area contributed by atoms with Crippen LogP contribution < -0.4 is 5.32 Å². The van der Waals surface area contributed by atoms with E-state index in [0.717, 1.165) is 12.8 Å². The van der Waals surface area contributed by atoms with Crippen molar-refractivity contribution in [2.75, 3.05) is 6.61 Å². The summed E-state index contributed by atoms with van der Waals surface area (Å²) in [4.78, 5) is 22.7. The van der Waals surface area contributed by atoms with Crippen LogP contribution in [0.1, 0.15) is 51.9 Å². The average molecular weight is 253 g/mol. The predicted molar refractivity (Wildman–Crippen MR) is 70.0 cm³/mol. The van der Waals surface area contributed by atoms with E-state index in [2.05, 4.69) is 18.3 Å². The number of cyclic esters (lactones) is 1. The highest BCUT2D eigenvalue weighted by molar-refractivity contribution is 5.85. The van der Waals surface area contributed by atoms with Gasteiger partial charge in [0.05, 0.1) is 6.61 Å². The van der Waals surface area contributed by atoms with Gasteiger partial charge in [0.2, 0.25) is 5.91 Å². The smallest absolute Gasteiger partial charge is 0.328 e. The Balaban J connectivity index is 2.04. The van der Waals surface area contributed by atoms with Gasteiger partial charge in [0, 0.05) is 12.8 Å². The van der Waals surface area contributed by atoms with Crippen LogP contribution in [0, 0.1) is 0 Å². The first kappa shape index (κ1) is 14.7. The van der Waals surface area contributed by atoms with E-state index in [4.69, 9.17) is 4.74 Å². The summed E-state index contributed by atoms with van der Waals surface area (Å²) in [5.74, 6) is -0.379. The summed E-state index contributed by atoms with van der Waals surface area (Å²) in [7, 11) is 0. The number of nitrogens with one attached hydrogen (secondary N) is 1. The van der Waals surface area contributed by atoms with Gasteiger partial charge in [-0.2, -0.15) is 0 Å². The van der Waals surface area contributed by atoms with Crippen LogP contribution in [-0.2, 0) is 14.3 Å². The summed E-state index contributed by atoms with van der Waals surface area (Å²) in [6, 6.07) is -0.425. The first-order chi connectivity index (χ1) is 8.74. The van der Waals surface area contributed by atoms with Crippen molar-refractivity contribution >= 4 is 11.9 Å². The molecular weight excluding hydrogens is 230 g/mol. The van der Waals surface area contributed by atoms with Crippen LogP contribution in [0.5, 0.6) is 0 Å². The highest BCUT2D eigenvalue weighted by atomic mass is 16.5. The van der Waals surface area contributed by atoms with Crippen LogP contribution in [0.4, 0.5) is 0 Å². The molecule has 1 unspecified atom stereocenters. The zero-order chi connectivity index (χ0) is 13.2. The van der Waals surface area contributed by atoms with E-state index in [1.54, 1.807) is 0 Å². The molecule has 102 valence electrons. The molecule has 18 heavy (non-hydrogen) atoms. The number of carbonyl (C=O) groups excluding carboxylic acids is 2. The van der Waals surface area contributed by atoms with Crippen molar-refractivity contribution in [3.63, 3.8) is 0 Å².